The van der Waals surface area contributed by atoms with E-state index < -0.39 is 5.41 Å². The Morgan fingerprint density at radius 2 is 1.59 bits per heavy atom. The minimum absolute atomic E-state index is 0.108. The van der Waals surface area contributed by atoms with Gasteiger partial charge in [0.2, 0.25) is 5.91 Å². The van der Waals surface area contributed by atoms with E-state index in [9.17, 15) is 4.79 Å². The van der Waals surface area contributed by atoms with Crippen LogP contribution in [0.4, 0.5) is 0 Å². The first-order valence-corrected chi connectivity index (χ1v) is 10.5. The number of para-hydroxylation sites is 2. The number of fused-ring (bicyclic) bond motifs is 6. The van der Waals surface area contributed by atoms with Crippen molar-refractivity contribution in [3.63, 3.8) is 0 Å². The summed E-state index contributed by atoms with van der Waals surface area (Å²) < 4.78 is 0. The summed E-state index contributed by atoms with van der Waals surface area (Å²) in [5, 5.41) is 3.43. The van der Waals surface area contributed by atoms with Gasteiger partial charge in [-0.05, 0) is 43.2 Å². The number of amides is 1. The molecule has 2 saturated carbocycles. The third-order valence-corrected chi connectivity index (χ3v) is 8.27. The first-order valence-electron chi connectivity index (χ1n) is 10.5. The number of hydrogen-bond donors (Lipinski definition) is 1. The van der Waals surface area contributed by atoms with Gasteiger partial charge < -0.3 is 5.32 Å². The summed E-state index contributed by atoms with van der Waals surface area (Å²) in [6.07, 6.45) is 7.82. The number of nitrogens with one attached hydrogen (secondary N) is 1. The third-order valence-electron chi connectivity index (χ3n) is 8.27. The first-order chi connectivity index (χ1) is 12.9. The molecule has 0 aliphatic heterocycles. The smallest absolute Gasteiger partial charge is 0.233 e. The summed E-state index contributed by atoms with van der Waals surface area (Å²) in [7, 11) is 0. The van der Waals surface area contributed by atoms with Gasteiger partial charge in [0.25, 0.3) is 0 Å². The quantitative estimate of drug-likeness (QED) is 0.860. The molecule has 2 aromatic rings. The van der Waals surface area contributed by atoms with Crippen LogP contribution in [0.3, 0.4) is 0 Å². The fraction of sp³-hybridized carbons (Fsp3) is 0.609. The van der Waals surface area contributed by atoms with E-state index in [-0.39, 0.29) is 16.7 Å². The highest BCUT2D eigenvalue weighted by molar-refractivity contribution is 5.93. The monoisotopic (exact) mass is 363 g/mol. The van der Waals surface area contributed by atoms with Gasteiger partial charge in [0.15, 0.2) is 0 Å². The van der Waals surface area contributed by atoms with Crippen LogP contribution in [0.25, 0.3) is 11.0 Å². The normalized spacial score (nSPS) is 31.8. The Kier molecular flexibility index (Phi) is 3.51. The first kappa shape index (κ1) is 17.2. The molecule has 1 aromatic carbocycles. The van der Waals surface area contributed by atoms with Crippen LogP contribution in [0.15, 0.2) is 24.3 Å². The van der Waals surface area contributed by atoms with Crippen molar-refractivity contribution in [1.29, 1.82) is 0 Å². The molecule has 27 heavy (non-hydrogen) atoms. The van der Waals surface area contributed by atoms with E-state index in [1.165, 1.54) is 19.3 Å². The van der Waals surface area contributed by atoms with Gasteiger partial charge in [-0.3, -0.25) is 4.79 Å². The Bertz CT molecular complexity index is 930. The zero-order chi connectivity index (χ0) is 18.9. The van der Waals surface area contributed by atoms with Crippen molar-refractivity contribution in [2.75, 3.05) is 0 Å². The van der Waals surface area contributed by atoms with Crippen molar-refractivity contribution in [1.82, 2.24) is 15.3 Å². The van der Waals surface area contributed by atoms with Gasteiger partial charge in [-0.25, -0.2) is 9.97 Å². The molecule has 1 aromatic heterocycles. The minimum Gasteiger partial charge on any atom is -0.353 e. The summed E-state index contributed by atoms with van der Waals surface area (Å²) in [6.45, 7) is 6.81. The molecule has 0 radical (unpaired) electrons. The highest BCUT2D eigenvalue weighted by Crippen LogP contribution is 2.70. The van der Waals surface area contributed by atoms with E-state index in [0.717, 1.165) is 48.1 Å². The molecule has 4 heteroatoms. The zero-order valence-electron chi connectivity index (χ0n) is 16.6. The van der Waals surface area contributed by atoms with Crippen LogP contribution >= 0.6 is 0 Å². The number of nitrogens with zero attached hydrogens (tertiary/aromatic N) is 2. The van der Waals surface area contributed by atoms with Gasteiger partial charge in [-0.15, -0.1) is 0 Å². The molecule has 2 atom stereocenters. The maximum atomic E-state index is 13.8. The molecule has 2 fully saturated rings. The molecule has 1 N–H and O–H groups in total. The van der Waals surface area contributed by atoms with Crippen LogP contribution in [-0.2, 0) is 15.6 Å². The van der Waals surface area contributed by atoms with E-state index in [0.29, 0.717) is 6.04 Å². The predicted octanol–water partition coefficient (Wildman–Crippen LogP) is 4.41. The van der Waals surface area contributed by atoms with Gasteiger partial charge in [0, 0.05) is 11.5 Å². The SMILES string of the molecule is CC12CCC(C(=O)NC3CCCCC3)(c3nc4ccccc4nc31)C2(C)C. The average Bonchev–Trinajstić information content (AvgIpc) is 2.97. The molecule has 3 aliphatic rings. The summed E-state index contributed by atoms with van der Waals surface area (Å²) in [4.78, 5) is 23.9. The number of aromatic nitrogens is 2. The van der Waals surface area contributed by atoms with Crippen molar-refractivity contribution in [2.24, 2.45) is 5.41 Å². The third kappa shape index (κ3) is 2.02. The standard InChI is InChI=1S/C23H29N3O/c1-21(2)22(3)13-14-23(21,20(27)24-15-9-5-4-6-10-15)19-18(22)25-16-11-7-8-12-17(16)26-19/h7-8,11-12,15H,4-6,9-10,13-14H2,1-3H3,(H,24,27). The Balaban J connectivity index is 1.65. The number of hydrogen-bond acceptors (Lipinski definition) is 3. The maximum Gasteiger partial charge on any atom is 0.233 e. The Labute approximate surface area is 161 Å². The van der Waals surface area contributed by atoms with Crippen LogP contribution in [0.5, 0.6) is 0 Å². The molecule has 2 unspecified atom stereocenters. The Morgan fingerprint density at radius 1 is 0.963 bits per heavy atom. The molecule has 4 nitrogen and oxygen atoms in total. The topological polar surface area (TPSA) is 54.9 Å². The number of rotatable bonds is 2. The highest BCUT2D eigenvalue weighted by Gasteiger charge is 2.73. The van der Waals surface area contributed by atoms with Crippen molar-refractivity contribution >= 4 is 16.9 Å². The molecule has 2 bridgehead atoms. The largest absolute Gasteiger partial charge is 0.353 e. The van der Waals surface area contributed by atoms with Crippen molar-refractivity contribution < 1.29 is 4.79 Å². The molecule has 1 heterocycles. The van der Waals surface area contributed by atoms with Crippen LogP contribution in [0, 0.1) is 5.41 Å². The molecular formula is C23H29N3O. The molecule has 142 valence electrons. The van der Waals surface area contributed by atoms with E-state index >= 15 is 0 Å². The van der Waals surface area contributed by atoms with Gasteiger partial charge in [-0.2, -0.15) is 0 Å². The van der Waals surface area contributed by atoms with Gasteiger partial charge >= 0.3 is 0 Å². The van der Waals surface area contributed by atoms with Crippen molar-refractivity contribution in [3.8, 4) is 0 Å². The van der Waals surface area contributed by atoms with Crippen LogP contribution in [0.2, 0.25) is 0 Å². The fourth-order valence-electron chi connectivity index (χ4n) is 6.11. The summed E-state index contributed by atoms with van der Waals surface area (Å²) in [6, 6.07) is 8.37. The van der Waals surface area contributed by atoms with Gasteiger partial charge in [-0.1, -0.05) is 52.2 Å². The zero-order valence-corrected chi connectivity index (χ0v) is 16.6. The number of carbonyl (C=O) groups is 1. The van der Waals surface area contributed by atoms with Gasteiger partial charge in [0.1, 0.15) is 0 Å². The number of carbonyl (C=O) groups excluding carboxylic acids is 1. The lowest BCUT2D eigenvalue weighted by Crippen LogP contribution is -2.53. The lowest BCUT2D eigenvalue weighted by molar-refractivity contribution is -0.131. The molecule has 1 amide bonds. The second-order valence-corrected chi connectivity index (χ2v) is 9.58. The van der Waals surface area contributed by atoms with E-state index in [1.54, 1.807) is 0 Å². The fourth-order valence-corrected chi connectivity index (χ4v) is 6.11. The summed E-state index contributed by atoms with van der Waals surface area (Å²) in [5.41, 5.74) is 2.95. The van der Waals surface area contributed by atoms with E-state index in [2.05, 4.69) is 26.1 Å². The molecule has 0 saturated heterocycles. The number of benzene rings is 1. The molecule has 0 spiro atoms. The molecule has 5 rings (SSSR count). The Morgan fingerprint density at radius 3 is 2.26 bits per heavy atom. The van der Waals surface area contributed by atoms with Crippen LogP contribution < -0.4 is 5.32 Å². The second kappa shape index (κ2) is 5.52. The van der Waals surface area contributed by atoms with Crippen molar-refractivity contribution in [2.45, 2.75) is 82.6 Å². The van der Waals surface area contributed by atoms with E-state index in [4.69, 9.17) is 9.97 Å². The Hall–Kier alpha value is -1.97. The van der Waals surface area contributed by atoms with Gasteiger partial charge in [0.05, 0.1) is 27.8 Å². The maximum absolute atomic E-state index is 13.8. The second-order valence-electron chi connectivity index (χ2n) is 9.58. The summed E-state index contributed by atoms with van der Waals surface area (Å²) in [5.74, 6) is 0.187. The van der Waals surface area contributed by atoms with Crippen LogP contribution in [0.1, 0.15) is 77.1 Å². The molecule has 3 aliphatic carbocycles. The van der Waals surface area contributed by atoms with Crippen LogP contribution in [-0.4, -0.2) is 21.9 Å². The minimum atomic E-state index is -0.564. The average molecular weight is 364 g/mol. The predicted molar refractivity (Wildman–Crippen MR) is 107 cm³/mol. The van der Waals surface area contributed by atoms with Crippen molar-refractivity contribution in [3.05, 3.63) is 35.7 Å². The lowest BCUT2D eigenvalue weighted by Gasteiger charge is -2.40. The van der Waals surface area contributed by atoms with E-state index in [1.807, 2.05) is 24.3 Å². The summed E-state index contributed by atoms with van der Waals surface area (Å²) >= 11 is 0. The highest BCUT2D eigenvalue weighted by atomic mass is 16.2. The molecular weight excluding hydrogens is 334 g/mol. The lowest BCUT2D eigenvalue weighted by atomic mass is 9.63.